The molecule has 2 nitrogen and oxygen atoms in total. The van der Waals surface area contributed by atoms with Crippen LogP contribution in [0.4, 0.5) is 0 Å². The van der Waals surface area contributed by atoms with E-state index in [1.807, 2.05) is 12.1 Å². The molecule has 2 aromatic carbocycles. The van der Waals surface area contributed by atoms with Gasteiger partial charge in [-0.25, -0.2) is 0 Å². The second kappa shape index (κ2) is 7.46. The lowest BCUT2D eigenvalue weighted by atomic mass is 10.0. The third-order valence-electron chi connectivity index (χ3n) is 4.58. The van der Waals surface area contributed by atoms with Crippen molar-refractivity contribution in [3.8, 4) is 16.9 Å². The monoisotopic (exact) mass is 295 g/mol. The highest BCUT2D eigenvalue weighted by Crippen LogP contribution is 2.23. The summed E-state index contributed by atoms with van der Waals surface area (Å²) in [5.41, 5.74) is 3.90. The van der Waals surface area contributed by atoms with E-state index in [1.165, 1.54) is 42.4 Å². The average Bonchev–Trinajstić information content (AvgIpc) is 3.09. The molecule has 0 aliphatic heterocycles. The maximum absolute atomic E-state index is 5.20. The van der Waals surface area contributed by atoms with Crippen molar-refractivity contribution < 1.29 is 4.74 Å². The third kappa shape index (κ3) is 3.89. The summed E-state index contributed by atoms with van der Waals surface area (Å²) in [6, 6.07) is 17.9. The molecule has 0 amide bonds. The van der Waals surface area contributed by atoms with E-state index in [-0.39, 0.29) is 0 Å². The molecule has 0 atom stereocenters. The lowest BCUT2D eigenvalue weighted by molar-refractivity contribution is 0.415. The van der Waals surface area contributed by atoms with Gasteiger partial charge in [-0.05, 0) is 54.6 Å². The van der Waals surface area contributed by atoms with Crippen LogP contribution in [0.25, 0.3) is 11.1 Å². The molecule has 0 bridgehead atoms. The number of nitrogens with one attached hydrogen (secondary N) is 1. The summed E-state index contributed by atoms with van der Waals surface area (Å²) >= 11 is 0. The fraction of sp³-hybridized carbons (Fsp3) is 0.400. The second-order valence-corrected chi connectivity index (χ2v) is 6.11. The first-order valence-corrected chi connectivity index (χ1v) is 8.32. The largest absolute Gasteiger partial charge is 0.497 e. The zero-order chi connectivity index (χ0) is 15.2. The van der Waals surface area contributed by atoms with Crippen LogP contribution in [0.5, 0.6) is 5.75 Å². The van der Waals surface area contributed by atoms with Gasteiger partial charge in [0.2, 0.25) is 0 Å². The second-order valence-electron chi connectivity index (χ2n) is 6.11. The molecule has 0 unspecified atom stereocenters. The number of benzene rings is 2. The van der Waals surface area contributed by atoms with Gasteiger partial charge in [-0.15, -0.1) is 0 Å². The van der Waals surface area contributed by atoms with Crippen LogP contribution in [0.2, 0.25) is 0 Å². The van der Waals surface area contributed by atoms with E-state index >= 15 is 0 Å². The van der Waals surface area contributed by atoms with Crippen molar-refractivity contribution in [3.05, 3.63) is 54.1 Å². The average molecular weight is 295 g/mol. The predicted molar refractivity (Wildman–Crippen MR) is 92.4 cm³/mol. The van der Waals surface area contributed by atoms with E-state index in [1.54, 1.807) is 7.11 Å². The van der Waals surface area contributed by atoms with Gasteiger partial charge >= 0.3 is 0 Å². The molecule has 2 heteroatoms. The molecule has 3 rings (SSSR count). The van der Waals surface area contributed by atoms with Gasteiger partial charge in [-0.3, -0.25) is 0 Å². The van der Waals surface area contributed by atoms with Crippen LogP contribution in [0.15, 0.2) is 48.5 Å². The Kier molecular flexibility index (Phi) is 5.12. The van der Waals surface area contributed by atoms with E-state index in [2.05, 4.69) is 41.7 Å². The van der Waals surface area contributed by atoms with Gasteiger partial charge in [0.15, 0.2) is 0 Å². The van der Waals surface area contributed by atoms with Crippen LogP contribution in [-0.2, 0) is 6.42 Å². The Bertz CT molecular complexity index is 568. The molecule has 1 aliphatic carbocycles. The first-order valence-electron chi connectivity index (χ1n) is 8.32. The maximum Gasteiger partial charge on any atom is 0.118 e. The Morgan fingerprint density at radius 2 is 1.50 bits per heavy atom. The van der Waals surface area contributed by atoms with Gasteiger partial charge in [0.05, 0.1) is 7.11 Å². The molecule has 1 saturated carbocycles. The van der Waals surface area contributed by atoms with Crippen LogP contribution in [-0.4, -0.2) is 19.7 Å². The smallest absolute Gasteiger partial charge is 0.118 e. The minimum Gasteiger partial charge on any atom is -0.497 e. The van der Waals surface area contributed by atoms with E-state index < -0.39 is 0 Å². The van der Waals surface area contributed by atoms with E-state index in [9.17, 15) is 0 Å². The van der Waals surface area contributed by atoms with Crippen molar-refractivity contribution in [1.29, 1.82) is 0 Å². The van der Waals surface area contributed by atoms with Gasteiger partial charge in [-0.1, -0.05) is 49.2 Å². The first kappa shape index (κ1) is 15.1. The van der Waals surface area contributed by atoms with Crippen molar-refractivity contribution in [1.82, 2.24) is 5.32 Å². The molecule has 1 N–H and O–H groups in total. The zero-order valence-corrected chi connectivity index (χ0v) is 13.3. The van der Waals surface area contributed by atoms with Crippen LogP contribution >= 0.6 is 0 Å². The Morgan fingerprint density at radius 3 is 2.09 bits per heavy atom. The Balaban J connectivity index is 1.54. The van der Waals surface area contributed by atoms with Gasteiger partial charge in [0.25, 0.3) is 0 Å². The molecule has 2 aromatic rings. The van der Waals surface area contributed by atoms with Crippen LogP contribution < -0.4 is 10.1 Å². The molecule has 1 fully saturated rings. The Labute approximate surface area is 133 Å². The quantitative estimate of drug-likeness (QED) is 0.851. The minimum absolute atomic E-state index is 0.763. The maximum atomic E-state index is 5.20. The number of hydrogen-bond donors (Lipinski definition) is 1. The highest BCUT2D eigenvalue weighted by atomic mass is 16.5. The fourth-order valence-electron chi connectivity index (χ4n) is 3.20. The van der Waals surface area contributed by atoms with Crippen LogP contribution in [0, 0.1) is 0 Å². The number of hydrogen-bond acceptors (Lipinski definition) is 2. The van der Waals surface area contributed by atoms with Crippen molar-refractivity contribution >= 4 is 0 Å². The number of rotatable bonds is 6. The van der Waals surface area contributed by atoms with Crippen molar-refractivity contribution in [2.24, 2.45) is 0 Å². The van der Waals surface area contributed by atoms with E-state index in [0.29, 0.717) is 0 Å². The molecular formula is C20H25NO. The van der Waals surface area contributed by atoms with Crippen molar-refractivity contribution in [2.75, 3.05) is 13.7 Å². The van der Waals surface area contributed by atoms with E-state index in [4.69, 9.17) is 4.74 Å². The lowest BCUT2D eigenvalue weighted by Crippen LogP contribution is -2.27. The zero-order valence-electron chi connectivity index (χ0n) is 13.3. The molecule has 1 aliphatic rings. The third-order valence-corrected chi connectivity index (χ3v) is 4.58. The Morgan fingerprint density at radius 1 is 0.909 bits per heavy atom. The summed E-state index contributed by atoms with van der Waals surface area (Å²) in [5, 5.41) is 3.68. The van der Waals surface area contributed by atoms with Gasteiger partial charge in [-0.2, -0.15) is 0 Å². The normalized spacial score (nSPS) is 15.1. The standard InChI is InChI=1S/C20H25NO/c1-22-20-12-10-18(11-13-20)17-8-6-16(7-9-17)14-15-21-19-4-2-3-5-19/h6-13,19,21H,2-5,14-15H2,1H3. The van der Waals surface area contributed by atoms with Crippen molar-refractivity contribution in [3.63, 3.8) is 0 Å². The molecular weight excluding hydrogens is 270 g/mol. The van der Waals surface area contributed by atoms with E-state index in [0.717, 1.165) is 24.8 Å². The minimum atomic E-state index is 0.763. The Hall–Kier alpha value is -1.80. The highest BCUT2D eigenvalue weighted by Gasteiger charge is 2.13. The number of ether oxygens (including phenoxy) is 1. The first-order chi connectivity index (χ1) is 10.8. The topological polar surface area (TPSA) is 21.3 Å². The van der Waals surface area contributed by atoms with Crippen LogP contribution in [0.1, 0.15) is 31.2 Å². The summed E-state index contributed by atoms with van der Waals surface area (Å²) < 4.78 is 5.20. The molecule has 0 saturated heterocycles. The summed E-state index contributed by atoms with van der Waals surface area (Å²) in [6.45, 7) is 1.09. The van der Waals surface area contributed by atoms with Crippen LogP contribution in [0.3, 0.4) is 0 Å². The van der Waals surface area contributed by atoms with Gasteiger partial charge < -0.3 is 10.1 Å². The molecule has 0 radical (unpaired) electrons. The number of methoxy groups -OCH3 is 1. The predicted octanol–water partition coefficient (Wildman–Crippen LogP) is 4.44. The molecule has 22 heavy (non-hydrogen) atoms. The molecule has 116 valence electrons. The van der Waals surface area contributed by atoms with Gasteiger partial charge in [0.1, 0.15) is 5.75 Å². The highest BCUT2D eigenvalue weighted by molar-refractivity contribution is 5.64. The summed E-state index contributed by atoms with van der Waals surface area (Å²) in [5.74, 6) is 0.901. The lowest BCUT2D eigenvalue weighted by Gasteiger charge is -2.11. The van der Waals surface area contributed by atoms with Crippen molar-refractivity contribution in [2.45, 2.75) is 38.1 Å². The summed E-state index contributed by atoms with van der Waals surface area (Å²) in [7, 11) is 1.70. The summed E-state index contributed by atoms with van der Waals surface area (Å²) in [4.78, 5) is 0. The molecule has 0 spiro atoms. The fourth-order valence-corrected chi connectivity index (χ4v) is 3.20. The molecule has 0 aromatic heterocycles. The van der Waals surface area contributed by atoms with Gasteiger partial charge in [0, 0.05) is 6.04 Å². The summed E-state index contributed by atoms with van der Waals surface area (Å²) in [6.07, 6.45) is 6.62. The SMILES string of the molecule is COc1ccc(-c2ccc(CCNC3CCCC3)cc2)cc1. The molecule has 0 heterocycles.